The summed E-state index contributed by atoms with van der Waals surface area (Å²) < 4.78 is 6.51. The van der Waals surface area contributed by atoms with Gasteiger partial charge in [0.25, 0.3) is 0 Å². The fraction of sp³-hybridized carbons (Fsp3) is 0.179. The van der Waals surface area contributed by atoms with Gasteiger partial charge in [0, 0.05) is 27.5 Å². The summed E-state index contributed by atoms with van der Waals surface area (Å²) in [4.78, 5) is 14.8. The Morgan fingerprint density at radius 1 is 0.443 bits per heavy atom. The molecule has 4 bridgehead atoms. The van der Waals surface area contributed by atoms with E-state index in [4.69, 9.17) is 19.4 Å². The molecule has 5 heteroatoms. The van der Waals surface area contributed by atoms with Gasteiger partial charge in [-0.3, -0.25) is 0 Å². The number of aromatic nitrogens is 3. The molecule has 4 aliphatic carbocycles. The normalized spacial score (nSPS) is 21.5. The molecule has 4 fully saturated rings. The van der Waals surface area contributed by atoms with E-state index in [0.717, 1.165) is 61.6 Å². The fourth-order valence-electron chi connectivity index (χ4n) is 11.7. The SMILES string of the molecule is N#Cc1ccc(-c2ccc(C34CC5CC(C3)CC(c3ccc(-c6ccc7c(c6)oc6ccc(-c8nc(-c9ccccc9)nc(-c9ccccc9)n8)cc67)cc3)(C5)C4)cc2)cc1. The van der Waals surface area contributed by atoms with Crippen LogP contribution >= 0.6 is 0 Å². The molecule has 2 unspecified atom stereocenters. The Morgan fingerprint density at radius 3 is 1.46 bits per heavy atom. The lowest BCUT2D eigenvalue weighted by Gasteiger charge is -2.63. The standard InChI is InChI=1S/C56H42N4O/c57-34-36-11-13-39(14-12-36)40-15-21-46(22-16-40)55-30-37-27-38(31-55)33-56(32-37,35-55)47-23-17-41(18-24-47)44-19-25-48-49-28-45(20-26-50(49)61-51(48)29-44)54-59-52(42-7-3-1-4-8-42)58-53(60-54)43-9-5-2-6-10-43/h1-26,28-29,37-38H,27,30-33,35H2. The molecule has 9 aromatic rings. The van der Waals surface area contributed by atoms with E-state index in [9.17, 15) is 5.26 Å². The lowest BCUT2D eigenvalue weighted by molar-refractivity contribution is -0.0281. The number of furan rings is 1. The molecule has 4 saturated carbocycles. The van der Waals surface area contributed by atoms with Crippen LogP contribution in [0.25, 0.3) is 78.4 Å². The molecule has 0 amide bonds. The zero-order valence-corrected chi connectivity index (χ0v) is 33.8. The smallest absolute Gasteiger partial charge is 0.164 e. The summed E-state index contributed by atoms with van der Waals surface area (Å²) in [6.45, 7) is 0. The summed E-state index contributed by atoms with van der Waals surface area (Å²) in [5.41, 5.74) is 13.4. The third-order valence-corrected chi connectivity index (χ3v) is 14.2. The first-order chi connectivity index (χ1) is 30.0. The maximum atomic E-state index is 9.25. The first-order valence-electron chi connectivity index (χ1n) is 21.6. The zero-order chi connectivity index (χ0) is 40.5. The van der Waals surface area contributed by atoms with Gasteiger partial charge in [-0.1, -0.05) is 127 Å². The molecule has 0 spiro atoms. The van der Waals surface area contributed by atoms with Gasteiger partial charge >= 0.3 is 0 Å². The number of nitrogens with zero attached hydrogens (tertiary/aromatic N) is 4. The number of benzene rings is 7. The molecule has 292 valence electrons. The lowest BCUT2D eigenvalue weighted by Crippen LogP contribution is -2.55. The van der Waals surface area contributed by atoms with E-state index in [2.05, 4.69) is 91.0 Å². The Kier molecular flexibility index (Phi) is 8.19. The third-order valence-electron chi connectivity index (χ3n) is 14.2. The third kappa shape index (κ3) is 6.17. The number of hydrogen-bond donors (Lipinski definition) is 0. The Morgan fingerprint density at radius 2 is 0.918 bits per heavy atom. The highest BCUT2D eigenvalue weighted by atomic mass is 16.3. The van der Waals surface area contributed by atoms with Crippen molar-refractivity contribution < 1.29 is 4.42 Å². The van der Waals surface area contributed by atoms with E-state index in [1.807, 2.05) is 84.9 Å². The van der Waals surface area contributed by atoms with Gasteiger partial charge in [0.2, 0.25) is 0 Å². The molecule has 5 nitrogen and oxygen atoms in total. The van der Waals surface area contributed by atoms with E-state index in [0.29, 0.717) is 23.0 Å². The average Bonchev–Trinajstić information content (AvgIpc) is 3.69. The largest absolute Gasteiger partial charge is 0.456 e. The molecule has 2 heterocycles. The molecule has 7 aromatic carbocycles. The quantitative estimate of drug-likeness (QED) is 0.161. The van der Waals surface area contributed by atoms with Crippen LogP contribution in [-0.2, 0) is 10.8 Å². The summed E-state index contributed by atoms with van der Waals surface area (Å²) in [6, 6.07) is 62.1. The van der Waals surface area contributed by atoms with Crippen LogP contribution in [-0.4, -0.2) is 15.0 Å². The van der Waals surface area contributed by atoms with Crippen molar-refractivity contribution in [3.63, 3.8) is 0 Å². The molecule has 0 radical (unpaired) electrons. The predicted molar refractivity (Wildman–Crippen MR) is 243 cm³/mol. The van der Waals surface area contributed by atoms with Crippen LogP contribution in [0.1, 0.15) is 55.2 Å². The second-order valence-corrected chi connectivity index (χ2v) is 17.9. The molecule has 2 aromatic heterocycles. The second-order valence-electron chi connectivity index (χ2n) is 17.9. The van der Waals surface area contributed by atoms with Gasteiger partial charge in [-0.05, 0) is 137 Å². The van der Waals surface area contributed by atoms with Crippen LogP contribution in [0.15, 0.2) is 174 Å². The lowest BCUT2D eigenvalue weighted by atomic mass is 9.41. The van der Waals surface area contributed by atoms with Crippen molar-refractivity contribution in [3.05, 3.63) is 187 Å². The second kappa shape index (κ2) is 14.0. The molecule has 4 aliphatic rings. The predicted octanol–water partition coefficient (Wildman–Crippen LogP) is 13.8. The maximum Gasteiger partial charge on any atom is 0.164 e. The van der Waals surface area contributed by atoms with Crippen LogP contribution in [0, 0.1) is 23.2 Å². The fourth-order valence-corrected chi connectivity index (χ4v) is 11.7. The van der Waals surface area contributed by atoms with Crippen molar-refractivity contribution in [2.24, 2.45) is 11.8 Å². The van der Waals surface area contributed by atoms with Gasteiger partial charge in [-0.2, -0.15) is 5.26 Å². The minimum absolute atomic E-state index is 0.219. The van der Waals surface area contributed by atoms with E-state index in [-0.39, 0.29) is 10.8 Å². The summed E-state index contributed by atoms with van der Waals surface area (Å²) in [7, 11) is 0. The molecule has 0 saturated heterocycles. The van der Waals surface area contributed by atoms with E-state index < -0.39 is 0 Å². The number of fused-ring (bicyclic) bond motifs is 3. The number of rotatable bonds is 7. The number of hydrogen-bond acceptors (Lipinski definition) is 5. The van der Waals surface area contributed by atoms with Crippen LogP contribution in [0.5, 0.6) is 0 Å². The highest BCUT2D eigenvalue weighted by Crippen LogP contribution is 2.66. The van der Waals surface area contributed by atoms with Crippen molar-refractivity contribution >= 4 is 21.9 Å². The van der Waals surface area contributed by atoms with Gasteiger partial charge in [-0.25, -0.2) is 15.0 Å². The topological polar surface area (TPSA) is 75.6 Å². The van der Waals surface area contributed by atoms with Crippen LogP contribution in [0.2, 0.25) is 0 Å². The molecular formula is C56H42N4O. The van der Waals surface area contributed by atoms with Crippen LogP contribution in [0.3, 0.4) is 0 Å². The Balaban J connectivity index is 0.834. The minimum Gasteiger partial charge on any atom is -0.456 e. The monoisotopic (exact) mass is 786 g/mol. The number of nitriles is 1. The average molecular weight is 787 g/mol. The Bertz CT molecular complexity index is 3070. The summed E-state index contributed by atoms with van der Waals surface area (Å²) in [5, 5.41) is 11.4. The molecule has 13 rings (SSSR count). The highest BCUT2D eigenvalue weighted by molar-refractivity contribution is 6.07. The van der Waals surface area contributed by atoms with Gasteiger partial charge < -0.3 is 4.42 Å². The molecule has 2 atom stereocenters. The highest BCUT2D eigenvalue weighted by Gasteiger charge is 2.58. The van der Waals surface area contributed by atoms with Gasteiger partial charge in [-0.15, -0.1) is 0 Å². The van der Waals surface area contributed by atoms with Gasteiger partial charge in [0.1, 0.15) is 11.2 Å². The van der Waals surface area contributed by atoms with Crippen molar-refractivity contribution in [3.8, 4) is 62.5 Å². The summed E-state index contributed by atoms with van der Waals surface area (Å²) in [6.07, 6.45) is 7.80. The summed E-state index contributed by atoms with van der Waals surface area (Å²) in [5.74, 6) is 3.47. The van der Waals surface area contributed by atoms with Crippen LogP contribution < -0.4 is 0 Å². The zero-order valence-electron chi connectivity index (χ0n) is 33.8. The Labute approximate surface area is 355 Å². The van der Waals surface area contributed by atoms with E-state index in [1.54, 1.807) is 0 Å². The molecule has 61 heavy (non-hydrogen) atoms. The van der Waals surface area contributed by atoms with Crippen molar-refractivity contribution in [2.45, 2.75) is 49.4 Å². The molecule has 0 N–H and O–H groups in total. The minimum atomic E-state index is 0.219. The Hall–Kier alpha value is -7.16. The van der Waals surface area contributed by atoms with Crippen molar-refractivity contribution in [2.75, 3.05) is 0 Å². The summed E-state index contributed by atoms with van der Waals surface area (Å²) >= 11 is 0. The van der Waals surface area contributed by atoms with E-state index >= 15 is 0 Å². The van der Waals surface area contributed by atoms with Gasteiger partial charge in [0.05, 0.1) is 11.6 Å². The molecular weight excluding hydrogens is 745 g/mol. The van der Waals surface area contributed by atoms with Crippen LogP contribution in [0.4, 0.5) is 0 Å². The molecule has 0 aliphatic heterocycles. The van der Waals surface area contributed by atoms with E-state index in [1.165, 1.54) is 60.8 Å². The van der Waals surface area contributed by atoms with Crippen molar-refractivity contribution in [1.82, 2.24) is 15.0 Å². The first-order valence-corrected chi connectivity index (χ1v) is 21.6. The first kappa shape index (κ1) is 35.8. The maximum absolute atomic E-state index is 9.25. The van der Waals surface area contributed by atoms with Crippen molar-refractivity contribution in [1.29, 1.82) is 5.26 Å². The van der Waals surface area contributed by atoms with Gasteiger partial charge in [0.15, 0.2) is 17.5 Å².